The van der Waals surface area contributed by atoms with E-state index >= 15 is 0 Å². The summed E-state index contributed by atoms with van der Waals surface area (Å²) in [5, 5.41) is 3.75. The Labute approximate surface area is 122 Å². The molecule has 0 radical (unpaired) electrons. The third-order valence-corrected chi connectivity index (χ3v) is 5.50. The molecule has 0 bridgehead atoms. The van der Waals surface area contributed by atoms with E-state index in [4.69, 9.17) is 4.74 Å². The molecule has 0 aliphatic heterocycles. The molecule has 0 aromatic heterocycles. The molecule has 1 aromatic carbocycles. The molecule has 1 N–H and O–H groups in total. The van der Waals surface area contributed by atoms with Gasteiger partial charge >= 0.3 is 0 Å². The first-order chi connectivity index (χ1) is 9.71. The fourth-order valence-electron chi connectivity index (χ4n) is 4.14. The summed E-state index contributed by atoms with van der Waals surface area (Å²) in [7, 11) is 1.73. The van der Waals surface area contributed by atoms with Crippen molar-refractivity contribution in [3.05, 3.63) is 23.8 Å². The van der Waals surface area contributed by atoms with Crippen LogP contribution in [-0.2, 0) is 0 Å². The molecular weight excluding hydrogens is 246 g/mol. The van der Waals surface area contributed by atoms with Crippen LogP contribution >= 0.6 is 0 Å². The molecule has 2 saturated carbocycles. The van der Waals surface area contributed by atoms with E-state index in [2.05, 4.69) is 30.4 Å². The summed E-state index contributed by atoms with van der Waals surface area (Å²) < 4.78 is 5.28. The minimum absolute atomic E-state index is 0.660. The number of anilines is 1. The Morgan fingerprint density at radius 3 is 2.40 bits per heavy atom. The molecule has 0 amide bonds. The number of aryl methyl sites for hydroxylation is 1. The Morgan fingerprint density at radius 2 is 1.80 bits per heavy atom. The largest absolute Gasteiger partial charge is 0.497 e. The maximum absolute atomic E-state index is 5.28. The van der Waals surface area contributed by atoms with Crippen LogP contribution in [0.3, 0.4) is 0 Å². The summed E-state index contributed by atoms with van der Waals surface area (Å²) in [4.78, 5) is 0. The number of methoxy groups -OCH3 is 1. The molecule has 1 spiro atoms. The molecule has 2 aliphatic carbocycles. The van der Waals surface area contributed by atoms with Gasteiger partial charge in [-0.25, -0.2) is 0 Å². The topological polar surface area (TPSA) is 21.3 Å². The number of hydrogen-bond acceptors (Lipinski definition) is 2. The third-order valence-electron chi connectivity index (χ3n) is 5.50. The van der Waals surface area contributed by atoms with Crippen molar-refractivity contribution in [2.24, 2.45) is 5.41 Å². The molecule has 0 heterocycles. The molecule has 0 atom stereocenters. The molecule has 1 aromatic rings. The monoisotopic (exact) mass is 273 g/mol. The van der Waals surface area contributed by atoms with E-state index in [-0.39, 0.29) is 0 Å². The molecule has 3 rings (SSSR count). The van der Waals surface area contributed by atoms with E-state index in [1.165, 1.54) is 62.6 Å². The zero-order valence-corrected chi connectivity index (χ0v) is 12.9. The van der Waals surface area contributed by atoms with Gasteiger partial charge in [0.2, 0.25) is 0 Å². The van der Waals surface area contributed by atoms with Gasteiger partial charge in [0.25, 0.3) is 0 Å². The van der Waals surface area contributed by atoms with Crippen LogP contribution < -0.4 is 10.1 Å². The Morgan fingerprint density at radius 1 is 1.10 bits per heavy atom. The van der Waals surface area contributed by atoms with E-state index in [0.717, 1.165) is 11.2 Å². The van der Waals surface area contributed by atoms with Crippen molar-refractivity contribution in [3.63, 3.8) is 0 Å². The lowest BCUT2D eigenvalue weighted by molar-refractivity contribution is 0.188. The third kappa shape index (κ3) is 2.79. The second kappa shape index (κ2) is 5.67. The van der Waals surface area contributed by atoms with Gasteiger partial charge in [0.15, 0.2) is 0 Å². The molecular formula is C18H27NO. The predicted octanol–water partition coefficient (Wildman–Crippen LogP) is 4.92. The average molecular weight is 273 g/mol. The number of rotatable bonds is 3. The summed E-state index contributed by atoms with van der Waals surface area (Å²) >= 11 is 0. The fraction of sp³-hybridized carbons (Fsp3) is 0.667. The number of benzene rings is 1. The lowest BCUT2D eigenvalue weighted by Crippen LogP contribution is -2.31. The highest BCUT2D eigenvalue weighted by molar-refractivity contribution is 5.54. The standard InChI is InChI=1S/C18H27NO/c1-14-13-16(20-2)5-6-17(14)19-15-7-11-18(12-8-15)9-3-4-10-18/h5-6,13,15,19H,3-4,7-12H2,1-2H3. The van der Waals surface area contributed by atoms with Gasteiger partial charge in [0, 0.05) is 11.7 Å². The highest BCUT2D eigenvalue weighted by Gasteiger charge is 2.37. The summed E-state index contributed by atoms with van der Waals surface area (Å²) in [6, 6.07) is 6.99. The Hall–Kier alpha value is -1.18. The van der Waals surface area contributed by atoms with Gasteiger partial charge < -0.3 is 10.1 Å². The van der Waals surface area contributed by atoms with Crippen molar-refractivity contribution >= 4 is 5.69 Å². The number of ether oxygens (including phenoxy) is 1. The summed E-state index contributed by atoms with van der Waals surface area (Å²) in [5.74, 6) is 0.946. The van der Waals surface area contributed by atoms with Crippen LogP contribution in [0.5, 0.6) is 5.75 Å². The number of nitrogens with one attached hydrogen (secondary N) is 1. The smallest absolute Gasteiger partial charge is 0.119 e. The minimum Gasteiger partial charge on any atom is -0.497 e. The van der Waals surface area contributed by atoms with E-state index < -0.39 is 0 Å². The van der Waals surface area contributed by atoms with Gasteiger partial charge in [-0.2, -0.15) is 0 Å². The first-order valence-corrected chi connectivity index (χ1v) is 8.12. The van der Waals surface area contributed by atoms with Gasteiger partial charge in [-0.3, -0.25) is 0 Å². The van der Waals surface area contributed by atoms with Crippen LogP contribution in [-0.4, -0.2) is 13.2 Å². The van der Waals surface area contributed by atoms with Crippen LogP contribution in [0.2, 0.25) is 0 Å². The number of hydrogen-bond donors (Lipinski definition) is 1. The summed E-state index contributed by atoms with van der Waals surface area (Å²) in [6.07, 6.45) is 11.4. The predicted molar refractivity (Wildman–Crippen MR) is 84.5 cm³/mol. The zero-order chi connectivity index (χ0) is 14.0. The van der Waals surface area contributed by atoms with Crippen LogP contribution in [0.25, 0.3) is 0 Å². The van der Waals surface area contributed by atoms with E-state index in [1.807, 2.05) is 0 Å². The van der Waals surface area contributed by atoms with E-state index in [1.54, 1.807) is 7.11 Å². The van der Waals surface area contributed by atoms with Crippen LogP contribution in [0, 0.1) is 12.3 Å². The second-order valence-corrected chi connectivity index (χ2v) is 6.81. The quantitative estimate of drug-likeness (QED) is 0.844. The van der Waals surface area contributed by atoms with E-state index in [0.29, 0.717) is 6.04 Å². The molecule has 2 aliphatic rings. The highest BCUT2D eigenvalue weighted by Crippen LogP contribution is 2.49. The first kappa shape index (κ1) is 13.8. The molecule has 2 nitrogen and oxygen atoms in total. The molecule has 0 unspecified atom stereocenters. The minimum atomic E-state index is 0.660. The van der Waals surface area contributed by atoms with Gasteiger partial charge in [0.1, 0.15) is 5.75 Å². The second-order valence-electron chi connectivity index (χ2n) is 6.81. The van der Waals surface area contributed by atoms with Crippen molar-refractivity contribution in [1.29, 1.82) is 0 Å². The van der Waals surface area contributed by atoms with Gasteiger partial charge in [0.05, 0.1) is 7.11 Å². The van der Waals surface area contributed by atoms with Crippen molar-refractivity contribution in [2.45, 2.75) is 64.3 Å². The molecule has 110 valence electrons. The zero-order valence-electron chi connectivity index (χ0n) is 12.9. The van der Waals surface area contributed by atoms with Gasteiger partial charge in [-0.05, 0) is 74.6 Å². The maximum atomic E-state index is 5.28. The Balaban J connectivity index is 1.59. The highest BCUT2D eigenvalue weighted by atomic mass is 16.5. The molecule has 2 fully saturated rings. The Kier molecular flexibility index (Phi) is 3.91. The molecule has 20 heavy (non-hydrogen) atoms. The van der Waals surface area contributed by atoms with Crippen LogP contribution in [0.15, 0.2) is 18.2 Å². The molecule has 0 saturated heterocycles. The Bertz CT molecular complexity index is 452. The maximum Gasteiger partial charge on any atom is 0.119 e. The van der Waals surface area contributed by atoms with Crippen molar-refractivity contribution in [1.82, 2.24) is 0 Å². The van der Waals surface area contributed by atoms with Crippen molar-refractivity contribution in [2.75, 3.05) is 12.4 Å². The summed E-state index contributed by atoms with van der Waals surface area (Å²) in [5.41, 5.74) is 3.29. The van der Waals surface area contributed by atoms with Gasteiger partial charge in [-0.15, -0.1) is 0 Å². The van der Waals surface area contributed by atoms with Crippen molar-refractivity contribution < 1.29 is 4.74 Å². The van der Waals surface area contributed by atoms with Gasteiger partial charge in [-0.1, -0.05) is 12.8 Å². The molecule has 2 heteroatoms. The fourth-order valence-corrected chi connectivity index (χ4v) is 4.14. The lowest BCUT2D eigenvalue weighted by atomic mass is 9.71. The normalized spacial score (nSPS) is 22.1. The van der Waals surface area contributed by atoms with E-state index in [9.17, 15) is 0 Å². The average Bonchev–Trinajstić information content (AvgIpc) is 2.92. The first-order valence-electron chi connectivity index (χ1n) is 8.12. The van der Waals surface area contributed by atoms with Crippen LogP contribution in [0.1, 0.15) is 56.9 Å². The SMILES string of the molecule is COc1ccc(NC2CCC3(CCCC3)CC2)c(C)c1. The van der Waals surface area contributed by atoms with Crippen LogP contribution in [0.4, 0.5) is 5.69 Å². The summed E-state index contributed by atoms with van der Waals surface area (Å²) in [6.45, 7) is 2.16. The lowest BCUT2D eigenvalue weighted by Gasteiger charge is -2.38. The van der Waals surface area contributed by atoms with Crippen molar-refractivity contribution in [3.8, 4) is 5.75 Å².